The molecule has 0 bridgehead atoms. The van der Waals surface area contributed by atoms with E-state index in [1.54, 1.807) is 62.3 Å². The normalized spacial score (nSPS) is 15.9. The Kier molecular flexibility index (Phi) is 52.3. The summed E-state index contributed by atoms with van der Waals surface area (Å²) >= 11 is 0. The molecule has 0 saturated carbocycles. The first-order valence-electron chi connectivity index (χ1n) is 23.0. The Morgan fingerprint density at radius 2 is 0.727 bits per heavy atom. The van der Waals surface area contributed by atoms with Crippen LogP contribution in [0.1, 0.15) is 162 Å². The zero-order chi connectivity index (χ0) is 53.4. The smallest absolute Gasteiger partial charge is 0.305 e. The highest BCUT2D eigenvalue weighted by Crippen LogP contribution is 2.06. The lowest BCUT2D eigenvalue weighted by atomic mass is 10.0. The van der Waals surface area contributed by atoms with Crippen molar-refractivity contribution in [3.05, 3.63) is 0 Å². The molecule has 16 N–H and O–H groups in total. The molecule has 0 fully saturated rings. The van der Waals surface area contributed by atoms with Crippen LogP contribution in [0.3, 0.4) is 0 Å². The summed E-state index contributed by atoms with van der Waals surface area (Å²) in [5.41, 5.74) is 11.0. The highest BCUT2D eigenvalue weighted by molar-refractivity contribution is 7.13. The maximum atomic E-state index is 11.5. The van der Waals surface area contributed by atoms with Gasteiger partial charge in [-0.25, -0.2) is 0 Å². The SMILES string of the molecule is CC(C)C(=O)O.CC(CC(O)C(C)N)NP.CCC(=O)NC(C)C(O)CC(C)N.CCC(=O)NC(C)C(O)CC(C)NC(=O)C(C)C.CCC(=O)NC(C)C(O)CC(C)NP.CCC(=O)O. The number of hydrogen-bond donors (Lipinski definition) is 14. The van der Waals surface area contributed by atoms with Crippen LogP contribution >= 0.6 is 18.8 Å². The minimum atomic E-state index is -0.745. The second kappa shape index (κ2) is 46.1. The highest BCUT2D eigenvalue weighted by Gasteiger charge is 2.21. The van der Waals surface area contributed by atoms with E-state index in [2.05, 4.69) is 50.2 Å². The molecule has 0 aliphatic rings. The lowest BCUT2D eigenvalue weighted by molar-refractivity contribution is -0.140. The lowest BCUT2D eigenvalue weighted by Gasteiger charge is -2.24. The molecule has 396 valence electrons. The zero-order valence-electron chi connectivity index (χ0n) is 43.2. The number of aliphatic hydroxyl groups is 4. The molecule has 14 unspecified atom stereocenters. The largest absolute Gasteiger partial charge is 0.481 e. The summed E-state index contributed by atoms with van der Waals surface area (Å²) in [6, 6.07) is -0.507. The molecule has 14 atom stereocenters. The van der Waals surface area contributed by atoms with Crippen molar-refractivity contribution in [3.63, 3.8) is 0 Å². The molecule has 4 amide bonds. The van der Waals surface area contributed by atoms with E-state index < -0.39 is 36.4 Å². The number of carboxylic acid groups (broad SMARTS) is 2. The van der Waals surface area contributed by atoms with Gasteiger partial charge >= 0.3 is 11.9 Å². The van der Waals surface area contributed by atoms with E-state index in [9.17, 15) is 49.2 Å². The van der Waals surface area contributed by atoms with Crippen LogP contribution in [0.25, 0.3) is 0 Å². The van der Waals surface area contributed by atoms with Gasteiger partial charge in [-0.2, -0.15) is 0 Å². The monoisotopic (exact) mass is 993 g/mol. The maximum absolute atomic E-state index is 11.5. The molecular weight excluding hydrogens is 894 g/mol. The topological polar surface area (TPSA) is 348 Å². The molecule has 0 heterocycles. The van der Waals surface area contributed by atoms with E-state index in [0.29, 0.717) is 51.0 Å². The Labute approximate surface area is 402 Å². The number of amides is 4. The third kappa shape index (κ3) is 52.3. The Balaban J connectivity index is -0.000000171. The Bertz CT molecular complexity index is 1260. The predicted molar refractivity (Wildman–Crippen MR) is 271 cm³/mol. The number of rotatable bonds is 24. The fourth-order valence-electron chi connectivity index (χ4n) is 4.26. The van der Waals surface area contributed by atoms with Crippen molar-refractivity contribution in [2.24, 2.45) is 23.3 Å². The Morgan fingerprint density at radius 3 is 0.939 bits per heavy atom. The zero-order valence-corrected chi connectivity index (χ0v) is 45.5. The first-order chi connectivity index (χ1) is 30.2. The predicted octanol–water partition coefficient (Wildman–Crippen LogP) is 2.29. The van der Waals surface area contributed by atoms with Crippen LogP contribution in [0, 0.1) is 11.8 Å². The summed E-state index contributed by atoms with van der Waals surface area (Å²) in [5, 5.41) is 71.0. The van der Waals surface area contributed by atoms with E-state index in [-0.39, 0.29) is 84.2 Å². The minimum absolute atomic E-state index is 0.0250. The van der Waals surface area contributed by atoms with Gasteiger partial charge in [0.25, 0.3) is 0 Å². The van der Waals surface area contributed by atoms with Crippen LogP contribution in [-0.2, 0) is 28.8 Å². The van der Waals surface area contributed by atoms with Gasteiger partial charge in [-0.1, -0.05) is 74.2 Å². The van der Waals surface area contributed by atoms with Gasteiger partial charge in [0.1, 0.15) is 0 Å². The Morgan fingerprint density at radius 1 is 0.455 bits per heavy atom. The van der Waals surface area contributed by atoms with Crippen molar-refractivity contribution in [3.8, 4) is 0 Å². The number of aliphatic carboxylic acids is 2. The third-order valence-corrected chi connectivity index (χ3v) is 10.3. The summed E-state index contributed by atoms with van der Waals surface area (Å²) in [4.78, 5) is 63.7. The van der Waals surface area contributed by atoms with Gasteiger partial charge in [0, 0.05) is 61.8 Å². The summed E-state index contributed by atoms with van der Waals surface area (Å²) in [7, 11) is 4.83. The number of carbonyl (C=O) groups is 6. The summed E-state index contributed by atoms with van der Waals surface area (Å²) < 4.78 is 0. The van der Waals surface area contributed by atoms with Crippen molar-refractivity contribution in [2.75, 3.05) is 0 Å². The van der Waals surface area contributed by atoms with Gasteiger partial charge in [0.2, 0.25) is 23.6 Å². The maximum Gasteiger partial charge on any atom is 0.305 e. The molecule has 20 nitrogen and oxygen atoms in total. The van der Waals surface area contributed by atoms with E-state index in [4.69, 9.17) is 21.7 Å². The fraction of sp³-hybridized carbons (Fsp3) is 0.864. The van der Waals surface area contributed by atoms with Crippen LogP contribution < -0.4 is 42.9 Å². The van der Waals surface area contributed by atoms with Crippen LogP contribution in [-0.4, -0.2) is 139 Å². The average molecular weight is 993 g/mol. The number of nitrogens with two attached hydrogens (primary N) is 2. The van der Waals surface area contributed by atoms with Gasteiger partial charge in [-0.15, -0.1) is 0 Å². The molecular formula is C44H98N8O12P2. The molecule has 0 aliphatic heterocycles. The second-order valence-electron chi connectivity index (χ2n) is 17.1. The van der Waals surface area contributed by atoms with Crippen LogP contribution in [0.2, 0.25) is 0 Å². The quantitative estimate of drug-likeness (QED) is 0.0617. The van der Waals surface area contributed by atoms with E-state index in [1.165, 1.54) is 0 Å². The van der Waals surface area contributed by atoms with Gasteiger partial charge in [0.15, 0.2) is 0 Å². The average Bonchev–Trinajstić information content (AvgIpc) is 3.23. The molecule has 0 aliphatic carbocycles. The number of nitrogens with one attached hydrogen (secondary N) is 6. The molecule has 0 aromatic rings. The summed E-state index contributed by atoms with van der Waals surface area (Å²) in [5.74, 6) is -1.97. The lowest BCUT2D eigenvalue weighted by Crippen LogP contribution is -2.45. The molecule has 0 saturated heterocycles. The van der Waals surface area contributed by atoms with Crippen LogP contribution in [0.15, 0.2) is 0 Å². The molecule has 22 heteroatoms. The van der Waals surface area contributed by atoms with Crippen molar-refractivity contribution in [1.82, 2.24) is 31.4 Å². The van der Waals surface area contributed by atoms with Crippen molar-refractivity contribution >= 4 is 54.3 Å². The highest BCUT2D eigenvalue weighted by atomic mass is 31.0. The standard InChI is InChI=1S/C13H26N2O3.C9H21N2O2P.C9H20N2O2.C6H17N2OP.C4H8O2.C3H6O2/c1-6-12(17)15-10(5)11(16)7-9(4)14-13(18)8(2)3;1-4-9(13)10-7(3)8(12)5-6(2)11-14;1-4-9(13)11-7(3)8(12)5-6(2)10;1-4(8-10)3-6(9)5(2)7;1-3(2)4(5)6;1-2-3(4)5/h8-11,16H,6-7H2,1-5H3,(H,14,18)(H,15,17);6-8,11-12H,4-5,14H2,1-3H3,(H,10,13);6-8,12H,4-5,10H2,1-3H3,(H,11,13);4-6,8-9H,3,7,10H2,1-2H3;3H,1-2H3,(H,5,6);2H2,1H3,(H,4,5). The van der Waals surface area contributed by atoms with E-state index >= 15 is 0 Å². The molecule has 0 aromatic heterocycles. The summed E-state index contributed by atoms with van der Waals surface area (Å²) in [6.07, 6.45) is 1.63. The molecule has 0 radical (unpaired) electrons. The molecule has 0 spiro atoms. The van der Waals surface area contributed by atoms with E-state index in [1.807, 2.05) is 48.5 Å². The molecule has 66 heavy (non-hydrogen) atoms. The number of carbonyl (C=O) groups excluding carboxylic acids is 4. The number of carboxylic acids is 2. The minimum Gasteiger partial charge on any atom is -0.481 e. The van der Waals surface area contributed by atoms with Gasteiger partial charge in [-0.05, 0) is 81.1 Å². The van der Waals surface area contributed by atoms with Crippen LogP contribution in [0.4, 0.5) is 0 Å². The van der Waals surface area contributed by atoms with Gasteiger partial charge < -0.3 is 63.4 Å². The molecule has 0 aromatic carbocycles. The first-order valence-corrected chi connectivity index (χ1v) is 24.2. The van der Waals surface area contributed by atoms with Crippen molar-refractivity contribution < 1.29 is 59.4 Å². The number of aliphatic hydroxyl groups excluding tert-OH is 4. The Hall–Kier alpha value is -2.64. The summed E-state index contributed by atoms with van der Waals surface area (Å²) in [6.45, 7) is 28.7. The van der Waals surface area contributed by atoms with Gasteiger partial charge in [0.05, 0.1) is 48.5 Å². The second-order valence-corrected chi connectivity index (χ2v) is 17.8. The van der Waals surface area contributed by atoms with Crippen molar-refractivity contribution in [2.45, 2.75) is 235 Å². The van der Waals surface area contributed by atoms with Crippen LogP contribution in [0.5, 0.6) is 0 Å². The number of hydrogen-bond acceptors (Lipinski definition) is 14. The molecule has 0 rings (SSSR count). The third-order valence-electron chi connectivity index (χ3n) is 9.14. The van der Waals surface area contributed by atoms with Crippen molar-refractivity contribution in [1.29, 1.82) is 0 Å². The fourth-order valence-corrected chi connectivity index (χ4v) is 4.53. The van der Waals surface area contributed by atoms with Gasteiger partial charge in [-0.3, -0.25) is 38.9 Å². The first kappa shape index (κ1) is 74.9. The van der Waals surface area contributed by atoms with E-state index in [0.717, 1.165) is 0 Å².